The highest BCUT2D eigenvalue weighted by Gasteiger charge is 2.23. The quantitative estimate of drug-likeness (QED) is 0.771. The first-order chi connectivity index (χ1) is 7.83. The Morgan fingerprint density at radius 2 is 2.25 bits per heavy atom. The van der Waals surface area contributed by atoms with Gasteiger partial charge in [-0.15, -0.1) is 0 Å². The molecule has 3 nitrogen and oxygen atoms in total. The van der Waals surface area contributed by atoms with Crippen molar-refractivity contribution in [1.82, 2.24) is 5.32 Å². The van der Waals surface area contributed by atoms with Crippen LogP contribution in [0.25, 0.3) is 0 Å². The fraction of sp³-hybridized carbons (Fsp3) is 0.462. The van der Waals surface area contributed by atoms with E-state index in [1.807, 2.05) is 0 Å². The smallest absolute Gasteiger partial charge is 0.220 e. The van der Waals surface area contributed by atoms with Crippen LogP contribution in [0.1, 0.15) is 29.0 Å². The first-order valence-corrected chi connectivity index (χ1v) is 5.79. The highest BCUT2D eigenvalue weighted by atomic mass is 16.5. The fourth-order valence-electron chi connectivity index (χ4n) is 2.48. The van der Waals surface area contributed by atoms with Crippen LogP contribution < -0.4 is 5.32 Å². The van der Waals surface area contributed by atoms with Crippen LogP contribution in [-0.4, -0.2) is 19.1 Å². The molecule has 0 aliphatic carbocycles. The van der Waals surface area contributed by atoms with E-state index in [9.17, 15) is 4.79 Å². The molecule has 1 unspecified atom stereocenters. The van der Waals surface area contributed by atoms with E-state index < -0.39 is 0 Å². The average Bonchev–Trinajstić information content (AvgIpc) is 2.75. The Morgan fingerprint density at radius 1 is 1.31 bits per heavy atom. The van der Waals surface area contributed by atoms with Gasteiger partial charge in [0, 0.05) is 18.9 Å². The molecule has 1 amide bonds. The van der Waals surface area contributed by atoms with E-state index in [2.05, 4.69) is 23.5 Å². The van der Waals surface area contributed by atoms with Crippen molar-refractivity contribution in [3.63, 3.8) is 0 Å². The molecular formula is C13H15NO2. The Morgan fingerprint density at radius 3 is 3.06 bits per heavy atom. The molecule has 3 rings (SSSR count). The topological polar surface area (TPSA) is 38.3 Å². The Hall–Kier alpha value is -1.35. The van der Waals surface area contributed by atoms with Crippen molar-refractivity contribution < 1.29 is 9.53 Å². The minimum absolute atomic E-state index is 0.172. The Balaban J connectivity index is 1.88. The number of carbonyl (C=O) groups is 1. The summed E-state index contributed by atoms with van der Waals surface area (Å²) >= 11 is 0. The number of rotatable bonds is 1. The van der Waals surface area contributed by atoms with Gasteiger partial charge in [-0.05, 0) is 23.1 Å². The molecule has 84 valence electrons. The maximum absolute atomic E-state index is 11.2. The first-order valence-electron chi connectivity index (χ1n) is 5.79. The summed E-state index contributed by atoms with van der Waals surface area (Å²) in [4.78, 5) is 11.2. The maximum Gasteiger partial charge on any atom is 0.220 e. The van der Waals surface area contributed by atoms with Gasteiger partial charge in [0.1, 0.15) is 0 Å². The molecule has 1 aromatic carbocycles. The van der Waals surface area contributed by atoms with Gasteiger partial charge in [-0.1, -0.05) is 18.2 Å². The molecule has 3 heteroatoms. The normalized spacial score (nSPS) is 24.0. The van der Waals surface area contributed by atoms with Crippen molar-refractivity contribution in [2.75, 3.05) is 13.2 Å². The van der Waals surface area contributed by atoms with Gasteiger partial charge in [-0.25, -0.2) is 0 Å². The lowest BCUT2D eigenvalue weighted by Crippen LogP contribution is -2.14. The highest BCUT2D eigenvalue weighted by molar-refractivity contribution is 5.79. The predicted octanol–water partition coefficient (Wildman–Crippen LogP) is 1.36. The second-order valence-electron chi connectivity index (χ2n) is 4.54. The number of ether oxygens (including phenoxy) is 1. The van der Waals surface area contributed by atoms with Gasteiger partial charge in [-0.2, -0.15) is 0 Å². The molecule has 0 radical (unpaired) electrons. The molecule has 0 bridgehead atoms. The Labute approximate surface area is 94.8 Å². The number of carbonyl (C=O) groups excluding carboxylic acids is 1. The van der Waals surface area contributed by atoms with Gasteiger partial charge in [0.2, 0.25) is 5.91 Å². The molecule has 1 aromatic rings. The monoisotopic (exact) mass is 217 g/mol. The molecule has 0 aromatic heterocycles. The van der Waals surface area contributed by atoms with Crippen LogP contribution in [0.15, 0.2) is 18.2 Å². The summed E-state index contributed by atoms with van der Waals surface area (Å²) in [6.07, 6.45) is 1.63. The summed E-state index contributed by atoms with van der Waals surface area (Å²) in [5, 5.41) is 2.88. The van der Waals surface area contributed by atoms with Crippen molar-refractivity contribution in [3.05, 3.63) is 34.9 Å². The van der Waals surface area contributed by atoms with Crippen LogP contribution in [-0.2, 0) is 22.6 Å². The number of amides is 1. The third kappa shape index (κ3) is 1.71. The van der Waals surface area contributed by atoms with Gasteiger partial charge in [0.25, 0.3) is 0 Å². The van der Waals surface area contributed by atoms with E-state index in [-0.39, 0.29) is 5.91 Å². The summed E-state index contributed by atoms with van der Waals surface area (Å²) in [5.41, 5.74) is 3.98. The molecule has 16 heavy (non-hydrogen) atoms. The molecule has 1 fully saturated rings. The van der Waals surface area contributed by atoms with Gasteiger partial charge >= 0.3 is 0 Å². The largest absolute Gasteiger partial charge is 0.376 e. The van der Waals surface area contributed by atoms with Crippen LogP contribution >= 0.6 is 0 Å². The van der Waals surface area contributed by atoms with E-state index in [0.717, 1.165) is 26.2 Å². The van der Waals surface area contributed by atoms with Crippen LogP contribution in [0.4, 0.5) is 0 Å². The second kappa shape index (κ2) is 3.91. The second-order valence-corrected chi connectivity index (χ2v) is 4.54. The van der Waals surface area contributed by atoms with Crippen LogP contribution in [0.2, 0.25) is 0 Å². The molecule has 0 spiro atoms. The van der Waals surface area contributed by atoms with E-state index in [1.165, 1.54) is 16.7 Å². The molecule has 1 N–H and O–H groups in total. The minimum Gasteiger partial charge on any atom is -0.376 e. The Kier molecular flexibility index (Phi) is 2.40. The SMILES string of the molecule is O=C1CC(c2ccc3c(c2)CCOC3)CN1. The number of benzene rings is 1. The maximum atomic E-state index is 11.2. The van der Waals surface area contributed by atoms with E-state index >= 15 is 0 Å². The molecular weight excluding hydrogens is 202 g/mol. The predicted molar refractivity (Wildman–Crippen MR) is 60.2 cm³/mol. The zero-order valence-corrected chi connectivity index (χ0v) is 9.16. The van der Waals surface area contributed by atoms with Crippen molar-refractivity contribution in [2.45, 2.75) is 25.4 Å². The number of nitrogens with one attached hydrogen (secondary N) is 1. The summed E-state index contributed by atoms with van der Waals surface area (Å²) < 4.78 is 5.41. The summed E-state index contributed by atoms with van der Waals surface area (Å²) in [6.45, 7) is 2.34. The lowest BCUT2D eigenvalue weighted by atomic mass is 9.92. The lowest BCUT2D eigenvalue weighted by Gasteiger charge is -2.18. The molecule has 2 aliphatic heterocycles. The molecule has 0 saturated carbocycles. The lowest BCUT2D eigenvalue weighted by molar-refractivity contribution is -0.119. The van der Waals surface area contributed by atoms with Crippen molar-refractivity contribution >= 4 is 5.91 Å². The van der Waals surface area contributed by atoms with Gasteiger partial charge in [0.15, 0.2) is 0 Å². The molecule has 2 aliphatic rings. The molecule has 2 heterocycles. The van der Waals surface area contributed by atoms with E-state index in [4.69, 9.17) is 4.74 Å². The third-order valence-electron chi connectivity index (χ3n) is 3.45. The number of fused-ring (bicyclic) bond motifs is 1. The van der Waals surface area contributed by atoms with Crippen LogP contribution in [0.3, 0.4) is 0 Å². The zero-order chi connectivity index (χ0) is 11.0. The third-order valence-corrected chi connectivity index (χ3v) is 3.45. The van der Waals surface area contributed by atoms with E-state index in [1.54, 1.807) is 0 Å². The number of hydrogen-bond donors (Lipinski definition) is 1. The van der Waals surface area contributed by atoms with Crippen molar-refractivity contribution in [2.24, 2.45) is 0 Å². The summed E-state index contributed by atoms with van der Waals surface area (Å²) in [5.74, 6) is 0.534. The van der Waals surface area contributed by atoms with Gasteiger partial charge in [0.05, 0.1) is 13.2 Å². The summed E-state index contributed by atoms with van der Waals surface area (Å²) in [6, 6.07) is 6.54. The minimum atomic E-state index is 0.172. The summed E-state index contributed by atoms with van der Waals surface area (Å²) in [7, 11) is 0. The van der Waals surface area contributed by atoms with E-state index in [0.29, 0.717) is 12.3 Å². The van der Waals surface area contributed by atoms with Crippen LogP contribution in [0, 0.1) is 0 Å². The fourth-order valence-corrected chi connectivity index (χ4v) is 2.48. The zero-order valence-electron chi connectivity index (χ0n) is 9.16. The van der Waals surface area contributed by atoms with Gasteiger partial charge < -0.3 is 10.1 Å². The molecule has 1 atom stereocenters. The van der Waals surface area contributed by atoms with Crippen molar-refractivity contribution in [1.29, 1.82) is 0 Å². The van der Waals surface area contributed by atoms with Crippen molar-refractivity contribution in [3.8, 4) is 0 Å². The number of hydrogen-bond acceptors (Lipinski definition) is 2. The highest BCUT2D eigenvalue weighted by Crippen LogP contribution is 2.26. The molecule has 1 saturated heterocycles. The van der Waals surface area contributed by atoms with Gasteiger partial charge in [-0.3, -0.25) is 4.79 Å². The standard InChI is InChI=1S/C13H15NO2/c15-13-6-12(7-14-13)9-1-2-11-8-16-4-3-10(11)5-9/h1-2,5,12H,3-4,6-8H2,(H,14,15). The Bertz CT molecular complexity index is 428. The van der Waals surface area contributed by atoms with Crippen LogP contribution in [0.5, 0.6) is 0 Å². The average molecular weight is 217 g/mol. The first kappa shape index (κ1) is 9.85.